The lowest BCUT2D eigenvalue weighted by Crippen LogP contribution is -2.11. The molecule has 0 N–H and O–H groups in total. The summed E-state index contributed by atoms with van der Waals surface area (Å²) in [6, 6.07) is 2.35. The molecule has 1 atom stereocenters. The average molecular weight is 179 g/mol. The van der Waals surface area contributed by atoms with Crippen LogP contribution >= 0.6 is 0 Å². The Bertz CT molecular complexity index is 162. The second-order valence-corrected chi connectivity index (χ2v) is 4.31. The molecule has 1 rings (SSSR count). The average Bonchev–Trinajstić information content (AvgIpc) is 2.65. The third-order valence-corrected chi connectivity index (χ3v) is 3.35. The van der Waals surface area contributed by atoms with Crippen LogP contribution in [0.25, 0.3) is 0 Å². The third-order valence-electron chi connectivity index (χ3n) is 3.35. The molecule has 0 aromatic carbocycles. The van der Waals surface area contributed by atoms with Gasteiger partial charge in [-0.25, -0.2) is 0 Å². The maximum atomic E-state index is 8.75. The van der Waals surface area contributed by atoms with Crippen LogP contribution in [-0.4, -0.2) is 0 Å². The van der Waals surface area contributed by atoms with Gasteiger partial charge < -0.3 is 0 Å². The summed E-state index contributed by atoms with van der Waals surface area (Å²) < 4.78 is 0. The maximum Gasteiger partial charge on any atom is 0.0624 e. The van der Waals surface area contributed by atoms with Gasteiger partial charge in [-0.2, -0.15) is 5.26 Å². The highest BCUT2D eigenvalue weighted by Gasteiger charge is 2.23. The first kappa shape index (κ1) is 10.6. The van der Waals surface area contributed by atoms with Gasteiger partial charge in [0.25, 0.3) is 0 Å². The molecular formula is C12H21N. The SMILES string of the molecule is CCCCC(CC#N)C1CCCC1. The molecule has 0 amide bonds. The molecular weight excluding hydrogens is 158 g/mol. The van der Waals surface area contributed by atoms with Crippen molar-refractivity contribution in [1.82, 2.24) is 0 Å². The van der Waals surface area contributed by atoms with E-state index in [9.17, 15) is 0 Å². The van der Waals surface area contributed by atoms with E-state index >= 15 is 0 Å². The van der Waals surface area contributed by atoms with Gasteiger partial charge in [0.05, 0.1) is 6.07 Å². The zero-order valence-corrected chi connectivity index (χ0v) is 8.76. The van der Waals surface area contributed by atoms with Gasteiger partial charge in [-0.15, -0.1) is 0 Å². The molecule has 74 valence electrons. The fourth-order valence-corrected chi connectivity index (χ4v) is 2.52. The Morgan fingerprint density at radius 2 is 2.08 bits per heavy atom. The Balaban J connectivity index is 2.32. The molecule has 0 saturated heterocycles. The third kappa shape index (κ3) is 3.38. The largest absolute Gasteiger partial charge is 0.198 e. The van der Waals surface area contributed by atoms with E-state index in [0.717, 1.165) is 12.3 Å². The first-order chi connectivity index (χ1) is 6.38. The molecule has 0 aromatic rings. The first-order valence-electron chi connectivity index (χ1n) is 5.75. The number of hydrogen-bond acceptors (Lipinski definition) is 1. The first-order valence-corrected chi connectivity index (χ1v) is 5.75. The van der Waals surface area contributed by atoms with Crippen molar-refractivity contribution in [2.24, 2.45) is 11.8 Å². The summed E-state index contributed by atoms with van der Waals surface area (Å²) in [5, 5.41) is 8.75. The van der Waals surface area contributed by atoms with Gasteiger partial charge >= 0.3 is 0 Å². The molecule has 1 heteroatoms. The van der Waals surface area contributed by atoms with Crippen molar-refractivity contribution in [1.29, 1.82) is 5.26 Å². The van der Waals surface area contributed by atoms with Gasteiger partial charge in [0, 0.05) is 6.42 Å². The minimum absolute atomic E-state index is 0.715. The lowest BCUT2D eigenvalue weighted by atomic mass is 9.85. The molecule has 1 fully saturated rings. The molecule has 1 aliphatic carbocycles. The van der Waals surface area contributed by atoms with Gasteiger partial charge in [-0.3, -0.25) is 0 Å². The van der Waals surface area contributed by atoms with Crippen molar-refractivity contribution in [2.75, 3.05) is 0 Å². The summed E-state index contributed by atoms with van der Waals surface area (Å²) in [5.74, 6) is 1.60. The van der Waals surface area contributed by atoms with Crippen molar-refractivity contribution in [3.63, 3.8) is 0 Å². The van der Waals surface area contributed by atoms with Crippen LogP contribution in [0.1, 0.15) is 58.3 Å². The molecule has 1 unspecified atom stereocenters. The van der Waals surface area contributed by atoms with Crippen LogP contribution in [0.4, 0.5) is 0 Å². The van der Waals surface area contributed by atoms with Gasteiger partial charge in [0.15, 0.2) is 0 Å². The summed E-state index contributed by atoms with van der Waals surface area (Å²) >= 11 is 0. The minimum atomic E-state index is 0.715. The predicted octanol–water partition coefficient (Wildman–Crippen LogP) is 3.90. The van der Waals surface area contributed by atoms with E-state index in [1.54, 1.807) is 0 Å². The molecule has 1 saturated carbocycles. The van der Waals surface area contributed by atoms with Crippen LogP contribution in [0, 0.1) is 23.2 Å². The van der Waals surface area contributed by atoms with E-state index in [1.165, 1.54) is 44.9 Å². The van der Waals surface area contributed by atoms with E-state index in [0.29, 0.717) is 5.92 Å². The van der Waals surface area contributed by atoms with Crippen LogP contribution < -0.4 is 0 Å². The predicted molar refractivity (Wildman–Crippen MR) is 55.2 cm³/mol. The summed E-state index contributed by atoms with van der Waals surface area (Å²) in [6.07, 6.45) is 10.2. The van der Waals surface area contributed by atoms with Crippen LogP contribution in [0.2, 0.25) is 0 Å². The summed E-state index contributed by atoms with van der Waals surface area (Å²) in [4.78, 5) is 0. The number of nitriles is 1. The molecule has 0 aliphatic heterocycles. The van der Waals surface area contributed by atoms with Crippen molar-refractivity contribution >= 4 is 0 Å². The van der Waals surface area contributed by atoms with Gasteiger partial charge in [-0.05, 0) is 18.3 Å². The number of rotatable bonds is 5. The van der Waals surface area contributed by atoms with E-state index in [1.807, 2.05) is 0 Å². The molecule has 0 aromatic heterocycles. The molecule has 1 aliphatic rings. The number of unbranched alkanes of at least 4 members (excludes halogenated alkanes) is 1. The maximum absolute atomic E-state index is 8.75. The number of hydrogen-bond donors (Lipinski definition) is 0. The van der Waals surface area contributed by atoms with Crippen molar-refractivity contribution in [2.45, 2.75) is 58.3 Å². The van der Waals surface area contributed by atoms with Gasteiger partial charge in [0.2, 0.25) is 0 Å². The highest BCUT2D eigenvalue weighted by Crippen LogP contribution is 2.35. The lowest BCUT2D eigenvalue weighted by Gasteiger charge is -2.20. The van der Waals surface area contributed by atoms with Crippen molar-refractivity contribution in [3.8, 4) is 6.07 Å². The van der Waals surface area contributed by atoms with Crippen LogP contribution in [0.15, 0.2) is 0 Å². The molecule has 0 spiro atoms. The molecule has 13 heavy (non-hydrogen) atoms. The summed E-state index contributed by atoms with van der Waals surface area (Å²) in [6.45, 7) is 2.23. The second-order valence-electron chi connectivity index (χ2n) is 4.31. The highest BCUT2D eigenvalue weighted by atomic mass is 14.3. The molecule has 0 radical (unpaired) electrons. The van der Waals surface area contributed by atoms with Crippen LogP contribution in [0.3, 0.4) is 0 Å². The van der Waals surface area contributed by atoms with Crippen molar-refractivity contribution in [3.05, 3.63) is 0 Å². The van der Waals surface area contributed by atoms with Crippen molar-refractivity contribution < 1.29 is 0 Å². The smallest absolute Gasteiger partial charge is 0.0624 e. The fourth-order valence-electron chi connectivity index (χ4n) is 2.52. The van der Waals surface area contributed by atoms with E-state index in [-0.39, 0.29) is 0 Å². The topological polar surface area (TPSA) is 23.8 Å². The molecule has 0 heterocycles. The quantitative estimate of drug-likeness (QED) is 0.628. The summed E-state index contributed by atoms with van der Waals surface area (Å²) in [7, 11) is 0. The summed E-state index contributed by atoms with van der Waals surface area (Å²) in [5.41, 5.74) is 0. The Morgan fingerprint density at radius 1 is 1.38 bits per heavy atom. The van der Waals surface area contributed by atoms with E-state index < -0.39 is 0 Å². The normalized spacial score (nSPS) is 20.0. The monoisotopic (exact) mass is 179 g/mol. The van der Waals surface area contributed by atoms with Gasteiger partial charge in [-0.1, -0.05) is 45.4 Å². The zero-order valence-electron chi connectivity index (χ0n) is 8.76. The Kier molecular flexibility index (Phi) is 4.90. The Labute approximate surface area is 82.1 Å². The standard InChI is InChI=1S/C12H21N/c1-2-3-6-12(9-10-13)11-7-4-5-8-11/h11-12H,2-9H2,1H3. The van der Waals surface area contributed by atoms with Gasteiger partial charge in [0.1, 0.15) is 0 Å². The fraction of sp³-hybridized carbons (Fsp3) is 0.917. The lowest BCUT2D eigenvalue weighted by molar-refractivity contribution is 0.316. The van der Waals surface area contributed by atoms with Crippen LogP contribution in [-0.2, 0) is 0 Å². The van der Waals surface area contributed by atoms with Crippen LogP contribution in [0.5, 0.6) is 0 Å². The van der Waals surface area contributed by atoms with E-state index in [4.69, 9.17) is 5.26 Å². The highest BCUT2D eigenvalue weighted by molar-refractivity contribution is 4.83. The number of nitrogens with zero attached hydrogens (tertiary/aromatic N) is 1. The minimum Gasteiger partial charge on any atom is -0.198 e. The zero-order chi connectivity index (χ0) is 9.52. The molecule has 1 nitrogen and oxygen atoms in total. The Morgan fingerprint density at radius 3 is 2.62 bits per heavy atom. The second kappa shape index (κ2) is 6.02. The molecule has 0 bridgehead atoms. The van der Waals surface area contributed by atoms with E-state index in [2.05, 4.69) is 13.0 Å². The Hall–Kier alpha value is -0.510.